The first-order valence-corrected chi connectivity index (χ1v) is 4.65. The Bertz CT molecular complexity index is 94.4. The van der Waals surface area contributed by atoms with Crippen LogP contribution in [0.25, 0.3) is 0 Å². The van der Waals surface area contributed by atoms with Gasteiger partial charge in [0, 0.05) is 19.7 Å². The second-order valence-corrected chi connectivity index (χ2v) is 3.96. The molecule has 3 heteroatoms. The van der Waals surface area contributed by atoms with Crippen molar-refractivity contribution in [1.82, 2.24) is 5.32 Å². The molecule has 0 aliphatic carbocycles. The lowest BCUT2D eigenvalue weighted by molar-refractivity contribution is -0.870. The fourth-order valence-electron chi connectivity index (χ4n) is 0.483. The molecule has 0 aromatic carbocycles. The molecule has 74 valence electrons. The van der Waals surface area contributed by atoms with Crippen molar-refractivity contribution < 1.29 is 9.22 Å². The van der Waals surface area contributed by atoms with E-state index in [9.17, 15) is 0 Å². The van der Waals surface area contributed by atoms with Gasteiger partial charge in [0.2, 0.25) is 0 Å². The Labute approximate surface area is 76.3 Å². The Morgan fingerprint density at radius 1 is 1.25 bits per heavy atom. The largest absolute Gasteiger partial charge is 0.376 e. The zero-order chi connectivity index (χ0) is 9.45. The number of hydrogen-bond acceptors (Lipinski definition) is 2. The summed E-state index contributed by atoms with van der Waals surface area (Å²) in [6.45, 7) is 7.32. The third-order valence-corrected chi connectivity index (χ3v) is 1.36. The van der Waals surface area contributed by atoms with Crippen LogP contribution in [0.2, 0.25) is 0 Å². The maximum Gasteiger partial charge on any atom is 0.102 e. The molecular weight excluding hydrogens is 152 g/mol. The van der Waals surface area contributed by atoms with Gasteiger partial charge in [-0.1, -0.05) is 0 Å². The topological polar surface area (TPSA) is 31.2 Å². The quantitative estimate of drug-likeness (QED) is 0.379. The monoisotopic (exact) mass is 175 g/mol. The van der Waals surface area contributed by atoms with Crippen LogP contribution in [-0.2, 0) is 4.74 Å². The van der Waals surface area contributed by atoms with Gasteiger partial charge in [0.05, 0.1) is 27.7 Å². The summed E-state index contributed by atoms with van der Waals surface area (Å²) in [5.74, 6) is 0. The van der Waals surface area contributed by atoms with Crippen molar-refractivity contribution in [3.05, 3.63) is 0 Å². The van der Waals surface area contributed by atoms with Crippen LogP contribution < -0.4 is 5.32 Å². The molecule has 12 heavy (non-hydrogen) atoms. The van der Waals surface area contributed by atoms with E-state index < -0.39 is 0 Å². The Balaban J connectivity index is 0.000000330. The van der Waals surface area contributed by atoms with E-state index in [1.54, 1.807) is 0 Å². The predicted molar refractivity (Wildman–Crippen MR) is 52.3 cm³/mol. The van der Waals surface area contributed by atoms with Gasteiger partial charge in [0.25, 0.3) is 0 Å². The van der Waals surface area contributed by atoms with Crippen LogP contribution in [0.1, 0.15) is 6.92 Å². The molecule has 0 aromatic rings. The van der Waals surface area contributed by atoms with Crippen molar-refractivity contribution in [2.75, 3.05) is 54.0 Å². The molecule has 0 saturated carbocycles. The Kier molecular flexibility index (Phi) is 6.34. The Hall–Kier alpha value is -0.120. The Morgan fingerprint density at radius 2 is 1.75 bits per heavy atom. The van der Waals surface area contributed by atoms with E-state index >= 15 is 0 Å². The van der Waals surface area contributed by atoms with E-state index in [-0.39, 0.29) is 0 Å². The Morgan fingerprint density at radius 3 is 2.00 bits per heavy atom. The summed E-state index contributed by atoms with van der Waals surface area (Å²) < 4.78 is 6.18. The minimum absolute atomic E-state index is 0.833. The summed E-state index contributed by atoms with van der Waals surface area (Å²) in [6, 6.07) is 0. The van der Waals surface area contributed by atoms with Crippen LogP contribution >= 0.6 is 0 Å². The van der Waals surface area contributed by atoms with Gasteiger partial charge in [-0.15, -0.1) is 0 Å². The minimum atomic E-state index is 0.833. The van der Waals surface area contributed by atoms with Crippen molar-refractivity contribution in [1.29, 1.82) is 0 Å². The molecule has 0 atom stereocenters. The van der Waals surface area contributed by atoms with Gasteiger partial charge < -0.3 is 14.5 Å². The lowest BCUT2D eigenvalue weighted by Crippen LogP contribution is -2.37. The first kappa shape index (κ1) is 11.9. The molecule has 0 unspecified atom stereocenters. The molecule has 1 saturated heterocycles. The van der Waals surface area contributed by atoms with Gasteiger partial charge in [0.1, 0.15) is 6.54 Å². The van der Waals surface area contributed by atoms with Crippen molar-refractivity contribution in [3.63, 3.8) is 0 Å². The molecule has 1 heterocycles. The number of likely N-dealkylation sites (N-methyl/N-ethyl adjacent to an activating group) is 1. The molecule has 1 fully saturated rings. The molecule has 1 aliphatic rings. The summed E-state index contributed by atoms with van der Waals surface area (Å²) >= 11 is 0. The zero-order valence-corrected chi connectivity index (χ0v) is 8.89. The van der Waals surface area contributed by atoms with Gasteiger partial charge in [-0.05, 0) is 6.92 Å². The lowest BCUT2D eigenvalue weighted by Gasteiger charge is -2.23. The van der Waals surface area contributed by atoms with E-state index in [2.05, 4.69) is 26.5 Å². The smallest absolute Gasteiger partial charge is 0.102 e. The van der Waals surface area contributed by atoms with Crippen LogP contribution in [-0.4, -0.2) is 58.5 Å². The van der Waals surface area contributed by atoms with E-state index in [1.807, 2.05) is 6.92 Å². The first-order valence-electron chi connectivity index (χ1n) is 4.65. The van der Waals surface area contributed by atoms with Gasteiger partial charge in [0.15, 0.2) is 0 Å². The number of hydrogen-bond donors (Lipinski definition) is 1. The third-order valence-electron chi connectivity index (χ3n) is 1.36. The molecule has 3 nitrogen and oxygen atoms in total. The first-order chi connectivity index (χ1) is 5.56. The van der Waals surface area contributed by atoms with Crippen LogP contribution in [0.15, 0.2) is 0 Å². The normalized spacial score (nSPS) is 15.0. The van der Waals surface area contributed by atoms with Gasteiger partial charge in [-0.2, -0.15) is 0 Å². The van der Waals surface area contributed by atoms with Crippen LogP contribution in [0.4, 0.5) is 0 Å². The number of quaternary nitrogens is 1. The van der Waals surface area contributed by atoms with Gasteiger partial charge >= 0.3 is 0 Å². The van der Waals surface area contributed by atoms with Gasteiger partial charge in [-0.25, -0.2) is 0 Å². The summed E-state index contributed by atoms with van der Waals surface area (Å²) in [5.41, 5.74) is 0. The molecule has 1 N–H and O–H groups in total. The average Bonchev–Trinajstić information content (AvgIpc) is 2.68. The zero-order valence-electron chi connectivity index (χ0n) is 8.89. The van der Waals surface area contributed by atoms with Crippen molar-refractivity contribution in [2.45, 2.75) is 6.92 Å². The van der Waals surface area contributed by atoms with Crippen molar-refractivity contribution in [3.8, 4) is 0 Å². The second kappa shape index (κ2) is 6.40. The number of nitrogens with one attached hydrogen (secondary N) is 1. The number of ether oxygens (including phenoxy) is 1. The maximum atomic E-state index is 5.19. The highest BCUT2D eigenvalue weighted by Gasteiger charge is 2.04. The molecule has 0 amide bonds. The highest BCUT2D eigenvalue weighted by atomic mass is 16.5. The van der Waals surface area contributed by atoms with E-state index in [1.165, 1.54) is 13.1 Å². The molecule has 1 aliphatic heterocycles. The molecule has 0 radical (unpaired) electrons. The van der Waals surface area contributed by atoms with Crippen LogP contribution in [0.3, 0.4) is 0 Å². The van der Waals surface area contributed by atoms with Crippen LogP contribution in [0, 0.1) is 0 Å². The molecular formula is C9H23N2O+. The molecule has 0 aromatic heterocycles. The second-order valence-electron chi connectivity index (χ2n) is 3.96. The highest BCUT2D eigenvalue weighted by Crippen LogP contribution is 1.88. The fourth-order valence-corrected chi connectivity index (χ4v) is 0.483. The van der Waals surface area contributed by atoms with Gasteiger partial charge in [-0.3, -0.25) is 0 Å². The molecule has 0 bridgehead atoms. The van der Waals surface area contributed by atoms with E-state index in [0.717, 1.165) is 24.2 Å². The number of nitrogens with zero attached hydrogens (tertiary/aromatic N) is 1. The van der Waals surface area contributed by atoms with E-state index in [4.69, 9.17) is 4.74 Å². The molecule has 1 rings (SSSR count). The third kappa shape index (κ3) is 16.5. The van der Waals surface area contributed by atoms with E-state index in [0.29, 0.717) is 0 Å². The lowest BCUT2D eigenvalue weighted by atomic mass is 10.5. The summed E-state index contributed by atoms with van der Waals surface area (Å²) in [7, 11) is 6.50. The standard InChI is InChI=1S/C7H18NO.C2H5N/c1-5-9-7-6-8(2,3)4;1-2-3-1/h5-7H2,1-4H3;3H,1-2H2/q+1;. The van der Waals surface area contributed by atoms with Crippen LogP contribution in [0.5, 0.6) is 0 Å². The fraction of sp³-hybridized carbons (Fsp3) is 1.00. The minimum Gasteiger partial charge on any atom is -0.376 e. The number of rotatable bonds is 4. The average molecular weight is 175 g/mol. The molecule has 0 spiro atoms. The SMILES string of the molecule is C1CN1.CCOCC[N+](C)(C)C. The summed E-state index contributed by atoms with van der Waals surface area (Å²) in [4.78, 5) is 0. The predicted octanol–water partition coefficient (Wildman–Crippen LogP) is 0.319. The summed E-state index contributed by atoms with van der Waals surface area (Å²) in [5, 5.41) is 3.00. The maximum absolute atomic E-state index is 5.19. The van der Waals surface area contributed by atoms with Crippen molar-refractivity contribution >= 4 is 0 Å². The van der Waals surface area contributed by atoms with Crippen molar-refractivity contribution in [2.24, 2.45) is 0 Å². The highest BCUT2D eigenvalue weighted by molar-refractivity contribution is 4.58. The summed E-state index contributed by atoms with van der Waals surface area (Å²) in [6.07, 6.45) is 0.